The van der Waals surface area contributed by atoms with E-state index in [1.165, 1.54) is 0 Å². The molecule has 78 valence electrons. The van der Waals surface area contributed by atoms with E-state index in [1.54, 1.807) is 5.01 Å². The van der Waals surface area contributed by atoms with Gasteiger partial charge in [-0.3, -0.25) is 4.90 Å². The highest BCUT2D eigenvalue weighted by atomic mass is 15.6. The van der Waals surface area contributed by atoms with Crippen molar-refractivity contribution in [3.8, 4) is 0 Å². The summed E-state index contributed by atoms with van der Waals surface area (Å²) in [5.74, 6) is 8.02. The SMILES string of the molecule is CC1=[N+](C)C2C(N=C3C=CC=CN32)N1N. The van der Waals surface area contributed by atoms with Crippen LogP contribution in [0.5, 0.6) is 0 Å². The predicted molar refractivity (Wildman–Crippen MR) is 58.0 cm³/mol. The molecule has 0 saturated carbocycles. The number of hydrogen-bond donors (Lipinski definition) is 1. The van der Waals surface area contributed by atoms with E-state index in [9.17, 15) is 0 Å². The molecule has 0 amide bonds. The number of aliphatic imine (C=N–C) groups is 1. The first kappa shape index (κ1) is 8.67. The number of nitrogens with two attached hydrogens (primary N) is 1. The number of hydrazine groups is 1. The molecule has 0 aromatic carbocycles. The number of rotatable bonds is 0. The second kappa shape index (κ2) is 2.70. The number of fused-ring (bicyclic) bond motifs is 3. The minimum atomic E-state index is 0.0115. The molecule has 3 aliphatic rings. The Labute approximate surface area is 88.5 Å². The van der Waals surface area contributed by atoms with Gasteiger partial charge in [-0.25, -0.2) is 9.57 Å². The quantitative estimate of drug-likeness (QED) is 0.435. The largest absolute Gasteiger partial charge is 0.288 e. The first-order valence-electron chi connectivity index (χ1n) is 5.01. The van der Waals surface area contributed by atoms with Crippen LogP contribution in [0, 0.1) is 0 Å². The number of nitrogens with zero attached hydrogens (tertiary/aromatic N) is 4. The maximum Gasteiger partial charge on any atom is 0.267 e. The van der Waals surface area contributed by atoms with Gasteiger partial charge in [0, 0.05) is 13.1 Å². The average Bonchev–Trinajstić information content (AvgIpc) is 2.72. The molecule has 0 aromatic heterocycles. The molecule has 0 aromatic rings. The summed E-state index contributed by atoms with van der Waals surface area (Å²) < 4.78 is 2.16. The Hall–Kier alpha value is -1.62. The van der Waals surface area contributed by atoms with Crippen molar-refractivity contribution in [1.82, 2.24) is 9.91 Å². The first-order chi connectivity index (χ1) is 7.20. The van der Waals surface area contributed by atoms with E-state index in [0.29, 0.717) is 0 Å². The maximum atomic E-state index is 5.98. The zero-order valence-corrected chi connectivity index (χ0v) is 8.83. The van der Waals surface area contributed by atoms with Gasteiger partial charge in [-0.15, -0.1) is 0 Å². The van der Waals surface area contributed by atoms with Gasteiger partial charge in [0.05, 0.1) is 7.05 Å². The van der Waals surface area contributed by atoms with Crippen LogP contribution in [-0.4, -0.2) is 45.5 Å². The Morgan fingerprint density at radius 1 is 1.47 bits per heavy atom. The highest BCUT2D eigenvalue weighted by molar-refractivity contribution is 5.97. The lowest BCUT2D eigenvalue weighted by Gasteiger charge is -2.21. The summed E-state index contributed by atoms with van der Waals surface area (Å²) in [7, 11) is 2.05. The van der Waals surface area contributed by atoms with Gasteiger partial charge in [-0.05, 0) is 12.2 Å². The van der Waals surface area contributed by atoms with Crippen LogP contribution in [0.2, 0.25) is 0 Å². The normalized spacial score (nSPS) is 32.3. The van der Waals surface area contributed by atoms with Crippen molar-refractivity contribution >= 4 is 11.7 Å². The van der Waals surface area contributed by atoms with Gasteiger partial charge in [0.2, 0.25) is 6.17 Å². The van der Waals surface area contributed by atoms with E-state index < -0.39 is 0 Å². The van der Waals surface area contributed by atoms with E-state index in [4.69, 9.17) is 5.84 Å². The Morgan fingerprint density at radius 2 is 2.27 bits per heavy atom. The Morgan fingerprint density at radius 3 is 3.07 bits per heavy atom. The Bertz CT molecular complexity index is 431. The molecule has 3 rings (SSSR count). The Balaban J connectivity index is 2.05. The van der Waals surface area contributed by atoms with E-state index in [-0.39, 0.29) is 12.3 Å². The van der Waals surface area contributed by atoms with Crippen molar-refractivity contribution in [1.29, 1.82) is 0 Å². The fourth-order valence-corrected chi connectivity index (χ4v) is 2.28. The summed E-state index contributed by atoms with van der Waals surface area (Å²) >= 11 is 0. The third kappa shape index (κ3) is 0.955. The minimum absolute atomic E-state index is 0.0115. The van der Waals surface area contributed by atoms with Crippen molar-refractivity contribution in [2.45, 2.75) is 19.3 Å². The molecule has 0 fully saturated rings. The van der Waals surface area contributed by atoms with Gasteiger partial charge in [-0.1, -0.05) is 6.08 Å². The smallest absolute Gasteiger partial charge is 0.267 e. The maximum absolute atomic E-state index is 5.98. The summed E-state index contributed by atoms with van der Waals surface area (Å²) in [5, 5.41) is 1.73. The third-order valence-corrected chi connectivity index (χ3v) is 3.25. The molecule has 15 heavy (non-hydrogen) atoms. The standard InChI is InChI=1S/C10H14N5/c1-7-13(2)10-9(15(7)11)12-8-5-3-4-6-14(8)10/h3-6,9-10H,11H2,1-2H3/q+1. The lowest BCUT2D eigenvalue weighted by Crippen LogP contribution is -2.44. The van der Waals surface area contributed by atoms with Crippen LogP contribution in [0.1, 0.15) is 6.92 Å². The lowest BCUT2D eigenvalue weighted by molar-refractivity contribution is -0.548. The van der Waals surface area contributed by atoms with Crippen molar-refractivity contribution < 1.29 is 4.58 Å². The molecule has 0 saturated heterocycles. The molecular formula is C10H14N5+. The fraction of sp³-hybridized carbons (Fsp3) is 0.400. The van der Waals surface area contributed by atoms with Crippen LogP contribution in [-0.2, 0) is 0 Å². The predicted octanol–water partition coefficient (Wildman–Crippen LogP) is -0.314. The first-order valence-corrected chi connectivity index (χ1v) is 5.01. The van der Waals surface area contributed by atoms with Crippen LogP contribution < -0.4 is 5.84 Å². The second-order valence-electron chi connectivity index (χ2n) is 3.99. The summed E-state index contributed by atoms with van der Waals surface area (Å²) in [6.45, 7) is 2.01. The molecule has 2 unspecified atom stereocenters. The van der Waals surface area contributed by atoms with Crippen LogP contribution >= 0.6 is 0 Å². The molecule has 0 radical (unpaired) electrons. The molecule has 0 aliphatic carbocycles. The highest BCUT2D eigenvalue weighted by Crippen LogP contribution is 2.26. The van der Waals surface area contributed by atoms with E-state index in [2.05, 4.69) is 14.5 Å². The topological polar surface area (TPSA) is 47.9 Å². The molecular weight excluding hydrogens is 190 g/mol. The minimum Gasteiger partial charge on any atom is -0.288 e. The van der Waals surface area contributed by atoms with E-state index in [1.807, 2.05) is 38.4 Å². The summed E-state index contributed by atoms with van der Waals surface area (Å²) in [4.78, 5) is 6.75. The number of likely N-dealkylation sites (N-methyl/N-ethyl adjacent to an activating group) is 1. The number of amidine groups is 2. The zero-order chi connectivity index (χ0) is 10.6. The van der Waals surface area contributed by atoms with Crippen LogP contribution in [0.15, 0.2) is 29.4 Å². The van der Waals surface area contributed by atoms with Gasteiger partial charge >= 0.3 is 0 Å². The highest BCUT2D eigenvalue weighted by Gasteiger charge is 2.51. The van der Waals surface area contributed by atoms with E-state index >= 15 is 0 Å². The lowest BCUT2D eigenvalue weighted by atomic mass is 10.3. The van der Waals surface area contributed by atoms with Gasteiger partial charge < -0.3 is 0 Å². The molecule has 3 aliphatic heterocycles. The summed E-state index contributed by atoms with van der Waals surface area (Å²) in [5.41, 5.74) is 0. The van der Waals surface area contributed by atoms with Crippen molar-refractivity contribution in [2.24, 2.45) is 10.8 Å². The van der Waals surface area contributed by atoms with Crippen molar-refractivity contribution in [2.75, 3.05) is 7.05 Å². The van der Waals surface area contributed by atoms with Gasteiger partial charge in [-0.2, -0.15) is 10.9 Å². The van der Waals surface area contributed by atoms with Crippen molar-refractivity contribution in [3.63, 3.8) is 0 Å². The fourth-order valence-electron chi connectivity index (χ4n) is 2.28. The molecule has 0 bridgehead atoms. The van der Waals surface area contributed by atoms with Crippen molar-refractivity contribution in [3.05, 3.63) is 24.4 Å². The van der Waals surface area contributed by atoms with Gasteiger partial charge in [0.1, 0.15) is 5.84 Å². The molecule has 0 spiro atoms. The molecule has 2 atom stereocenters. The van der Waals surface area contributed by atoms with Crippen LogP contribution in [0.3, 0.4) is 0 Å². The van der Waals surface area contributed by atoms with Crippen LogP contribution in [0.4, 0.5) is 0 Å². The second-order valence-corrected chi connectivity index (χ2v) is 3.99. The summed E-state index contributed by atoms with van der Waals surface area (Å²) in [6.07, 6.45) is 8.28. The van der Waals surface area contributed by atoms with Gasteiger partial charge in [0.25, 0.3) is 12.0 Å². The zero-order valence-electron chi connectivity index (χ0n) is 8.83. The third-order valence-electron chi connectivity index (χ3n) is 3.25. The van der Waals surface area contributed by atoms with Crippen LogP contribution in [0.25, 0.3) is 0 Å². The number of allylic oxidation sites excluding steroid dienone is 2. The molecule has 5 nitrogen and oxygen atoms in total. The monoisotopic (exact) mass is 204 g/mol. The molecule has 5 heteroatoms. The summed E-state index contributed by atoms with van der Waals surface area (Å²) in [6, 6.07) is 0. The molecule has 3 heterocycles. The Kier molecular flexibility index (Phi) is 1.56. The number of hydrogen-bond acceptors (Lipinski definition) is 4. The average molecular weight is 204 g/mol. The van der Waals surface area contributed by atoms with E-state index in [0.717, 1.165) is 11.7 Å². The molecule has 2 N–H and O–H groups in total. The van der Waals surface area contributed by atoms with Gasteiger partial charge in [0.15, 0.2) is 0 Å².